The largest absolute Gasteiger partial charge is 0.361 e. The van der Waals surface area contributed by atoms with E-state index in [2.05, 4.69) is 28.1 Å². The van der Waals surface area contributed by atoms with Crippen LogP contribution in [0.15, 0.2) is 16.8 Å². The van der Waals surface area contributed by atoms with Crippen molar-refractivity contribution in [2.24, 2.45) is 0 Å². The molecule has 0 aliphatic carbocycles. The van der Waals surface area contributed by atoms with Crippen LogP contribution in [-0.2, 0) is 24.3 Å². The molecular formula is C18H27N5O2. The van der Waals surface area contributed by atoms with Crippen LogP contribution in [0.1, 0.15) is 36.1 Å². The minimum atomic E-state index is 0.159. The molecule has 0 bridgehead atoms. The fraction of sp³-hybridized carbons (Fsp3) is 0.611. The fourth-order valence-corrected chi connectivity index (χ4v) is 3.29. The molecule has 136 valence electrons. The van der Waals surface area contributed by atoms with Crippen molar-refractivity contribution in [3.63, 3.8) is 0 Å². The van der Waals surface area contributed by atoms with Crippen molar-refractivity contribution in [3.05, 3.63) is 35.0 Å². The summed E-state index contributed by atoms with van der Waals surface area (Å²) in [5.74, 6) is 0.903. The number of rotatable bonds is 5. The Hall–Kier alpha value is -2.15. The van der Waals surface area contributed by atoms with Gasteiger partial charge in [-0.1, -0.05) is 5.16 Å². The number of hydrogen-bond donors (Lipinski definition) is 0. The van der Waals surface area contributed by atoms with Crippen LogP contribution >= 0.6 is 0 Å². The Labute approximate surface area is 148 Å². The van der Waals surface area contributed by atoms with E-state index < -0.39 is 0 Å². The van der Waals surface area contributed by atoms with Gasteiger partial charge in [0.25, 0.3) is 0 Å². The highest BCUT2D eigenvalue weighted by Crippen LogP contribution is 2.15. The number of carbonyl (C=O) groups excluding carboxylic acids is 1. The number of nitrogens with zero attached hydrogens (tertiary/aromatic N) is 5. The van der Waals surface area contributed by atoms with E-state index in [1.165, 1.54) is 0 Å². The smallest absolute Gasteiger partial charge is 0.227 e. The molecule has 2 aromatic rings. The van der Waals surface area contributed by atoms with E-state index in [1.54, 1.807) is 0 Å². The second-order valence-corrected chi connectivity index (χ2v) is 6.65. The standard InChI is InChI=1S/C18H27N5O2/c1-4-23-9-6-16(19-23)13-21-7-5-8-22(11-10-21)18(24)12-17-14(2)20-25-15(17)3/h6,9H,4-5,7-8,10-13H2,1-3H3. The monoisotopic (exact) mass is 345 g/mol. The van der Waals surface area contributed by atoms with Crippen LogP contribution < -0.4 is 0 Å². The van der Waals surface area contributed by atoms with Crippen LogP contribution in [0.4, 0.5) is 0 Å². The van der Waals surface area contributed by atoms with Crippen molar-refractivity contribution in [2.45, 2.75) is 46.7 Å². The van der Waals surface area contributed by atoms with E-state index in [4.69, 9.17) is 4.52 Å². The molecule has 0 atom stereocenters. The van der Waals surface area contributed by atoms with Crippen molar-refractivity contribution >= 4 is 5.91 Å². The number of hydrogen-bond acceptors (Lipinski definition) is 5. The van der Waals surface area contributed by atoms with Gasteiger partial charge < -0.3 is 9.42 Å². The van der Waals surface area contributed by atoms with Crippen LogP contribution in [0.3, 0.4) is 0 Å². The molecule has 0 radical (unpaired) electrons. The summed E-state index contributed by atoms with van der Waals surface area (Å²) in [4.78, 5) is 17.0. The number of aromatic nitrogens is 3. The third-order valence-electron chi connectivity index (χ3n) is 4.86. The molecular weight excluding hydrogens is 318 g/mol. The molecule has 1 fully saturated rings. The molecule has 0 saturated carbocycles. The van der Waals surface area contributed by atoms with E-state index in [9.17, 15) is 4.79 Å². The normalized spacial score (nSPS) is 16.2. The molecule has 0 unspecified atom stereocenters. The second-order valence-electron chi connectivity index (χ2n) is 6.65. The van der Waals surface area contributed by atoms with E-state index in [1.807, 2.05) is 29.6 Å². The highest BCUT2D eigenvalue weighted by molar-refractivity contribution is 5.79. The SMILES string of the molecule is CCn1ccc(CN2CCCN(C(=O)Cc3c(C)noc3C)CC2)n1. The van der Waals surface area contributed by atoms with Gasteiger partial charge in [-0.15, -0.1) is 0 Å². The van der Waals surface area contributed by atoms with Crippen LogP contribution in [0.5, 0.6) is 0 Å². The Bertz CT molecular complexity index is 701. The molecule has 0 spiro atoms. The van der Waals surface area contributed by atoms with Gasteiger partial charge in [-0.3, -0.25) is 14.4 Å². The van der Waals surface area contributed by atoms with E-state index in [0.717, 1.165) is 68.4 Å². The van der Waals surface area contributed by atoms with Gasteiger partial charge in [-0.05, 0) is 33.3 Å². The lowest BCUT2D eigenvalue weighted by molar-refractivity contribution is -0.130. The first-order valence-corrected chi connectivity index (χ1v) is 9.01. The van der Waals surface area contributed by atoms with Gasteiger partial charge in [0.1, 0.15) is 5.76 Å². The van der Waals surface area contributed by atoms with E-state index in [-0.39, 0.29) is 5.91 Å². The van der Waals surface area contributed by atoms with Crippen LogP contribution in [-0.4, -0.2) is 56.8 Å². The zero-order valence-corrected chi connectivity index (χ0v) is 15.4. The summed E-state index contributed by atoms with van der Waals surface area (Å²) in [6, 6.07) is 2.08. The summed E-state index contributed by atoms with van der Waals surface area (Å²) in [6.07, 6.45) is 3.39. The van der Waals surface area contributed by atoms with Gasteiger partial charge in [0, 0.05) is 51.0 Å². The zero-order valence-electron chi connectivity index (χ0n) is 15.4. The summed E-state index contributed by atoms with van der Waals surface area (Å²) in [5.41, 5.74) is 2.84. The minimum Gasteiger partial charge on any atom is -0.361 e. The summed E-state index contributed by atoms with van der Waals surface area (Å²) in [6.45, 7) is 11.0. The first-order valence-electron chi connectivity index (χ1n) is 9.01. The summed E-state index contributed by atoms with van der Waals surface area (Å²) in [5, 5.41) is 8.49. The Kier molecular flexibility index (Phi) is 5.53. The Morgan fingerprint density at radius 3 is 2.76 bits per heavy atom. The van der Waals surface area contributed by atoms with Crippen LogP contribution in [0, 0.1) is 13.8 Å². The molecule has 7 heteroatoms. The van der Waals surface area contributed by atoms with Crippen molar-refractivity contribution in [1.82, 2.24) is 24.7 Å². The summed E-state index contributed by atoms with van der Waals surface area (Å²) >= 11 is 0. The van der Waals surface area contributed by atoms with Crippen molar-refractivity contribution in [2.75, 3.05) is 26.2 Å². The molecule has 3 heterocycles. The number of aryl methyl sites for hydroxylation is 3. The maximum atomic E-state index is 12.7. The lowest BCUT2D eigenvalue weighted by Gasteiger charge is -2.21. The predicted octanol–water partition coefficient (Wildman–Crippen LogP) is 1.78. The lowest BCUT2D eigenvalue weighted by atomic mass is 10.1. The molecule has 25 heavy (non-hydrogen) atoms. The van der Waals surface area contributed by atoms with Crippen molar-refractivity contribution in [1.29, 1.82) is 0 Å². The minimum absolute atomic E-state index is 0.159. The molecule has 0 N–H and O–H groups in total. The van der Waals surface area contributed by atoms with Crippen molar-refractivity contribution < 1.29 is 9.32 Å². The highest BCUT2D eigenvalue weighted by Gasteiger charge is 2.22. The zero-order chi connectivity index (χ0) is 17.8. The third-order valence-corrected chi connectivity index (χ3v) is 4.86. The Morgan fingerprint density at radius 2 is 2.08 bits per heavy atom. The quantitative estimate of drug-likeness (QED) is 0.826. The molecule has 3 rings (SSSR count). The molecule has 7 nitrogen and oxygen atoms in total. The van der Waals surface area contributed by atoms with Crippen LogP contribution in [0.2, 0.25) is 0 Å². The molecule has 0 aromatic carbocycles. The Balaban J connectivity index is 1.55. The predicted molar refractivity (Wildman–Crippen MR) is 94.1 cm³/mol. The maximum absolute atomic E-state index is 12.7. The second kappa shape index (κ2) is 7.82. The van der Waals surface area contributed by atoms with E-state index in [0.29, 0.717) is 6.42 Å². The van der Waals surface area contributed by atoms with Gasteiger partial charge in [0.2, 0.25) is 5.91 Å². The van der Waals surface area contributed by atoms with Crippen molar-refractivity contribution in [3.8, 4) is 0 Å². The fourth-order valence-electron chi connectivity index (χ4n) is 3.29. The summed E-state index contributed by atoms with van der Waals surface area (Å²) in [7, 11) is 0. The number of carbonyl (C=O) groups is 1. The molecule has 1 aliphatic rings. The lowest BCUT2D eigenvalue weighted by Crippen LogP contribution is -2.36. The average molecular weight is 345 g/mol. The number of amides is 1. The topological polar surface area (TPSA) is 67.4 Å². The van der Waals surface area contributed by atoms with Crippen LogP contribution in [0.25, 0.3) is 0 Å². The Morgan fingerprint density at radius 1 is 1.24 bits per heavy atom. The van der Waals surface area contributed by atoms with E-state index >= 15 is 0 Å². The summed E-state index contributed by atoms with van der Waals surface area (Å²) < 4.78 is 7.12. The molecule has 1 aliphatic heterocycles. The first kappa shape index (κ1) is 17.7. The molecule has 1 saturated heterocycles. The van der Waals surface area contributed by atoms with Gasteiger partial charge in [0.15, 0.2) is 0 Å². The molecule has 1 amide bonds. The van der Waals surface area contributed by atoms with Gasteiger partial charge in [-0.2, -0.15) is 5.10 Å². The van der Waals surface area contributed by atoms with Gasteiger partial charge in [-0.25, -0.2) is 0 Å². The highest BCUT2D eigenvalue weighted by atomic mass is 16.5. The average Bonchev–Trinajstić information content (AvgIpc) is 3.09. The van der Waals surface area contributed by atoms with Gasteiger partial charge in [0.05, 0.1) is 17.8 Å². The van der Waals surface area contributed by atoms with Gasteiger partial charge >= 0.3 is 0 Å². The molecule has 2 aromatic heterocycles. The third kappa shape index (κ3) is 4.28. The maximum Gasteiger partial charge on any atom is 0.227 e. The first-order chi connectivity index (χ1) is 12.1.